The van der Waals surface area contributed by atoms with Crippen LogP contribution in [0.25, 0.3) is 0 Å². The molecule has 0 aliphatic heterocycles. The van der Waals surface area contributed by atoms with Gasteiger partial charge in [-0.05, 0) is 62.2 Å². The SMILES string of the molecule is CCCC(=O)O[C@@H](C)CC[C@@H]1[C@H](C)[C@H](CC)C[C@@H]1C(C)C. The van der Waals surface area contributed by atoms with Crippen LogP contribution in [-0.2, 0) is 9.53 Å². The third-order valence-corrected chi connectivity index (χ3v) is 5.62. The van der Waals surface area contributed by atoms with Gasteiger partial charge in [-0.25, -0.2) is 0 Å². The molecule has 0 unspecified atom stereocenters. The molecule has 0 aromatic rings. The van der Waals surface area contributed by atoms with E-state index in [1.54, 1.807) is 0 Å². The third-order valence-electron chi connectivity index (χ3n) is 5.62. The van der Waals surface area contributed by atoms with Crippen LogP contribution in [0.3, 0.4) is 0 Å². The van der Waals surface area contributed by atoms with Crippen molar-refractivity contribution in [1.82, 2.24) is 0 Å². The largest absolute Gasteiger partial charge is 0.463 e. The lowest BCUT2D eigenvalue weighted by Gasteiger charge is -2.27. The minimum atomic E-state index is -0.0312. The van der Waals surface area contributed by atoms with Crippen molar-refractivity contribution in [3.63, 3.8) is 0 Å². The Morgan fingerprint density at radius 2 is 1.90 bits per heavy atom. The lowest BCUT2D eigenvalue weighted by Crippen LogP contribution is -2.22. The molecule has 1 aliphatic rings. The highest BCUT2D eigenvalue weighted by Crippen LogP contribution is 2.48. The van der Waals surface area contributed by atoms with E-state index in [0.29, 0.717) is 6.42 Å². The van der Waals surface area contributed by atoms with Crippen LogP contribution in [0.15, 0.2) is 0 Å². The zero-order chi connectivity index (χ0) is 16.0. The van der Waals surface area contributed by atoms with Gasteiger partial charge in [0.05, 0.1) is 6.10 Å². The molecule has 1 rings (SSSR count). The number of esters is 1. The normalized spacial score (nSPS) is 30.6. The summed E-state index contributed by atoms with van der Waals surface area (Å²) in [5.41, 5.74) is 0. The number of hydrogen-bond donors (Lipinski definition) is 0. The number of ether oxygens (including phenoxy) is 1. The van der Waals surface area contributed by atoms with Crippen LogP contribution < -0.4 is 0 Å². The second-order valence-corrected chi connectivity index (χ2v) is 7.46. The first-order chi connectivity index (χ1) is 9.90. The summed E-state index contributed by atoms with van der Waals surface area (Å²) in [4.78, 5) is 11.6. The average molecular weight is 296 g/mol. The molecule has 0 aromatic heterocycles. The molecule has 21 heavy (non-hydrogen) atoms. The summed E-state index contributed by atoms with van der Waals surface area (Å²) < 4.78 is 5.50. The van der Waals surface area contributed by atoms with Crippen molar-refractivity contribution >= 4 is 5.97 Å². The van der Waals surface area contributed by atoms with E-state index in [9.17, 15) is 4.79 Å². The van der Waals surface area contributed by atoms with Crippen LogP contribution >= 0.6 is 0 Å². The summed E-state index contributed by atoms with van der Waals surface area (Å²) >= 11 is 0. The summed E-state index contributed by atoms with van der Waals surface area (Å²) in [6.07, 6.45) is 6.43. The Hall–Kier alpha value is -0.530. The van der Waals surface area contributed by atoms with E-state index in [0.717, 1.165) is 42.4 Å². The number of carbonyl (C=O) groups excluding carboxylic acids is 1. The molecule has 1 aliphatic carbocycles. The molecule has 2 nitrogen and oxygen atoms in total. The molecule has 0 spiro atoms. The monoisotopic (exact) mass is 296 g/mol. The van der Waals surface area contributed by atoms with E-state index in [4.69, 9.17) is 4.74 Å². The first kappa shape index (κ1) is 18.5. The molecule has 1 saturated carbocycles. The Balaban J connectivity index is 2.49. The summed E-state index contributed by atoms with van der Waals surface area (Å²) in [6.45, 7) is 13.6. The van der Waals surface area contributed by atoms with Gasteiger partial charge in [-0.15, -0.1) is 0 Å². The molecule has 124 valence electrons. The van der Waals surface area contributed by atoms with Crippen molar-refractivity contribution in [2.24, 2.45) is 29.6 Å². The van der Waals surface area contributed by atoms with Crippen LogP contribution in [0.4, 0.5) is 0 Å². The summed E-state index contributed by atoms with van der Waals surface area (Å²) in [5, 5.41) is 0. The molecule has 2 heteroatoms. The van der Waals surface area contributed by atoms with Gasteiger partial charge >= 0.3 is 5.97 Å². The maximum atomic E-state index is 11.6. The van der Waals surface area contributed by atoms with E-state index in [-0.39, 0.29) is 12.1 Å². The van der Waals surface area contributed by atoms with Crippen LogP contribution in [0, 0.1) is 29.6 Å². The maximum absolute atomic E-state index is 11.6. The van der Waals surface area contributed by atoms with Crippen LogP contribution in [0.1, 0.15) is 80.1 Å². The van der Waals surface area contributed by atoms with Crippen LogP contribution in [-0.4, -0.2) is 12.1 Å². The van der Waals surface area contributed by atoms with Gasteiger partial charge in [-0.1, -0.05) is 41.0 Å². The minimum Gasteiger partial charge on any atom is -0.463 e. The second kappa shape index (κ2) is 8.80. The predicted octanol–water partition coefficient (Wildman–Crippen LogP) is 5.45. The fourth-order valence-corrected chi connectivity index (χ4v) is 4.23. The van der Waals surface area contributed by atoms with Gasteiger partial charge in [0.25, 0.3) is 0 Å². The van der Waals surface area contributed by atoms with Crippen molar-refractivity contribution in [3.05, 3.63) is 0 Å². The van der Waals surface area contributed by atoms with Crippen molar-refractivity contribution in [2.45, 2.75) is 86.2 Å². The van der Waals surface area contributed by atoms with Crippen LogP contribution in [0.5, 0.6) is 0 Å². The fourth-order valence-electron chi connectivity index (χ4n) is 4.23. The molecule has 1 fully saturated rings. The van der Waals surface area contributed by atoms with E-state index in [1.165, 1.54) is 19.3 Å². The average Bonchev–Trinajstić information content (AvgIpc) is 2.73. The van der Waals surface area contributed by atoms with Crippen molar-refractivity contribution < 1.29 is 9.53 Å². The maximum Gasteiger partial charge on any atom is 0.306 e. The molecule has 0 N–H and O–H groups in total. The summed E-state index contributed by atoms with van der Waals surface area (Å²) in [6, 6.07) is 0. The zero-order valence-corrected chi connectivity index (χ0v) is 15.0. The summed E-state index contributed by atoms with van der Waals surface area (Å²) in [5.74, 6) is 4.11. The van der Waals surface area contributed by atoms with Crippen LogP contribution in [0.2, 0.25) is 0 Å². The Kier molecular flexibility index (Phi) is 7.76. The van der Waals surface area contributed by atoms with Crippen molar-refractivity contribution in [3.8, 4) is 0 Å². The van der Waals surface area contributed by atoms with Gasteiger partial charge in [-0.2, -0.15) is 0 Å². The first-order valence-corrected chi connectivity index (χ1v) is 9.10. The number of rotatable bonds is 8. The van der Waals surface area contributed by atoms with Gasteiger partial charge in [0.15, 0.2) is 0 Å². The Morgan fingerprint density at radius 1 is 1.24 bits per heavy atom. The Morgan fingerprint density at radius 3 is 2.43 bits per heavy atom. The highest BCUT2D eigenvalue weighted by molar-refractivity contribution is 5.69. The van der Waals surface area contributed by atoms with E-state index in [1.807, 2.05) is 6.92 Å². The van der Waals surface area contributed by atoms with Gasteiger partial charge < -0.3 is 4.74 Å². The smallest absolute Gasteiger partial charge is 0.306 e. The minimum absolute atomic E-state index is 0.0312. The van der Waals surface area contributed by atoms with Crippen molar-refractivity contribution in [2.75, 3.05) is 0 Å². The zero-order valence-electron chi connectivity index (χ0n) is 15.0. The molecule has 0 radical (unpaired) electrons. The predicted molar refractivity (Wildman–Crippen MR) is 89.1 cm³/mol. The molecule has 0 amide bonds. The first-order valence-electron chi connectivity index (χ1n) is 9.10. The molecular formula is C19H36O2. The molecule has 5 atom stereocenters. The highest BCUT2D eigenvalue weighted by atomic mass is 16.5. The van der Waals surface area contributed by atoms with E-state index in [2.05, 4.69) is 34.6 Å². The van der Waals surface area contributed by atoms with Gasteiger partial charge in [0, 0.05) is 6.42 Å². The molecule has 0 heterocycles. The quantitative estimate of drug-likeness (QED) is 0.556. The molecule has 0 aromatic carbocycles. The topological polar surface area (TPSA) is 26.3 Å². The van der Waals surface area contributed by atoms with Gasteiger partial charge in [-0.3, -0.25) is 4.79 Å². The molecule has 0 bridgehead atoms. The fraction of sp³-hybridized carbons (Fsp3) is 0.947. The summed E-state index contributed by atoms with van der Waals surface area (Å²) in [7, 11) is 0. The Bertz CT molecular complexity index is 311. The second-order valence-electron chi connectivity index (χ2n) is 7.46. The highest BCUT2D eigenvalue weighted by Gasteiger charge is 2.40. The number of hydrogen-bond acceptors (Lipinski definition) is 2. The lowest BCUT2D eigenvalue weighted by molar-refractivity contribution is -0.148. The lowest BCUT2D eigenvalue weighted by atomic mass is 9.79. The number of carbonyl (C=O) groups is 1. The van der Waals surface area contributed by atoms with Gasteiger partial charge in [0.1, 0.15) is 0 Å². The van der Waals surface area contributed by atoms with Gasteiger partial charge in [0.2, 0.25) is 0 Å². The third kappa shape index (κ3) is 5.30. The van der Waals surface area contributed by atoms with E-state index < -0.39 is 0 Å². The van der Waals surface area contributed by atoms with E-state index >= 15 is 0 Å². The Labute approximate surface area is 132 Å². The molecule has 0 saturated heterocycles. The standard InChI is InChI=1S/C19H36O2/c1-7-9-19(20)21-14(5)10-11-17-15(6)16(8-2)12-18(17)13(3)4/h13-18H,7-12H2,1-6H3/t14-,15+,16+,17+,18+/m0/s1. The van der Waals surface area contributed by atoms with Crippen molar-refractivity contribution in [1.29, 1.82) is 0 Å². The molecular weight excluding hydrogens is 260 g/mol.